The first-order valence-electron chi connectivity index (χ1n) is 11.1. The second kappa shape index (κ2) is 9.26. The molecule has 0 spiro atoms. The van der Waals surface area contributed by atoms with Gasteiger partial charge in [0.05, 0.1) is 12.6 Å². The molecule has 0 saturated carbocycles. The molecular weight excluding hydrogens is 366 g/mol. The summed E-state index contributed by atoms with van der Waals surface area (Å²) in [5.41, 5.74) is 4.10. The van der Waals surface area contributed by atoms with Gasteiger partial charge in [0.15, 0.2) is 0 Å². The lowest BCUT2D eigenvalue weighted by atomic mass is 9.89. The minimum absolute atomic E-state index is 0.0112. The van der Waals surface area contributed by atoms with E-state index in [2.05, 4.69) is 35.3 Å². The number of hydrogen-bond donors (Lipinski definition) is 1. The van der Waals surface area contributed by atoms with Crippen LogP contribution in [0, 0.1) is 0 Å². The van der Waals surface area contributed by atoms with Crippen LogP contribution in [0.2, 0.25) is 0 Å². The van der Waals surface area contributed by atoms with E-state index < -0.39 is 0 Å². The standard InChI is InChI=1S/C23H33N3O3/c1-17(19-9-8-18-5-2-3-6-20(18)15-19)24-22(27)16-25-10-12-26(13-11-25)23(28)21-7-4-14-29-21/h8-9,15,17,21H,2-7,10-14,16H2,1H3,(H,24,27)/t17-,21-/m1/s1. The maximum absolute atomic E-state index is 12.6. The molecule has 1 N–H and O–H groups in total. The van der Waals surface area contributed by atoms with Crippen molar-refractivity contribution in [3.63, 3.8) is 0 Å². The van der Waals surface area contributed by atoms with E-state index >= 15 is 0 Å². The molecule has 2 saturated heterocycles. The Morgan fingerprint density at radius 3 is 2.59 bits per heavy atom. The van der Waals surface area contributed by atoms with Crippen molar-refractivity contribution in [1.82, 2.24) is 15.1 Å². The molecule has 1 aliphatic carbocycles. The van der Waals surface area contributed by atoms with E-state index in [0.29, 0.717) is 26.2 Å². The van der Waals surface area contributed by atoms with Crippen LogP contribution in [0.15, 0.2) is 18.2 Å². The second-order valence-corrected chi connectivity index (χ2v) is 8.63. The molecule has 1 aromatic rings. The van der Waals surface area contributed by atoms with E-state index in [1.165, 1.54) is 36.0 Å². The monoisotopic (exact) mass is 399 g/mol. The third kappa shape index (κ3) is 4.98. The predicted molar refractivity (Wildman–Crippen MR) is 112 cm³/mol. The fraction of sp³-hybridized carbons (Fsp3) is 0.652. The van der Waals surface area contributed by atoms with Crippen molar-refractivity contribution in [3.8, 4) is 0 Å². The van der Waals surface area contributed by atoms with Gasteiger partial charge in [-0.3, -0.25) is 14.5 Å². The number of fused-ring (bicyclic) bond motifs is 1. The van der Waals surface area contributed by atoms with E-state index in [4.69, 9.17) is 4.74 Å². The molecule has 0 unspecified atom stereocenters. The zero-order valence-electron chi connectivity index (χ0n) is 17.5. The SMILES string of the molecule is C[C@@H](NC(=O)CN1CCN(C(=O)[C@H]2CCCO2)CC1)c1ccc2c(c1)CCCC2. The van der Waals surface area contributed by atoms with Crippen molar-refractivity contribution in [2.75, 3.05) is 39.3 Å². The Morgan fingerprint density at radius 1 is 1.10 bits per heavy atom. The van der Waals surface area contributed by atoms with Crippen LogP contribution >= 0.6 is 0 Å². The van der Waals surface area contributed by atoms with Crippen molar-refractivity contribution in [2.24, 2.45) is 0 Å². The number of nitrogens with zero attached hydrogens (tertiary/aromatic N) is 2. The number of hydrogen-bond acceptors (Lipinski definition) is 4. The van der Waals surface area contributed by atoms with Gasteiger partial charge in [0.25, 0.3) is 5.91 Å². The van der Waals surface area contributed by atoms with Crippen molar-refractivity contribution >= 4 is 11.8 Å². The Kier molecular flexibility index (Phi) is 6.50. The molecule has 1 aromatic carbocycles. The van der Waals surface area contributed by atoms with Crippen LogP contribution in [0.3, 0.4) is 0 Å². The van der Waals surface area contributed by atoms with Crippen molar-refractivity contribution < 1.29 is 14.3 Å². The van der Waals surface area contributed by atoms with E-state index in [1.807, 2.05) is 4.90 Å². The number of nitrogens with one attached hydrogen (secondary N) is 1. The normalized spacial score (nSPS) is 23.5. The maximum Gasteiger partial charge on any atom is 0.251 e. The zero-order chi connectivity index (χ0) is 20.2. The van der Waals surface area contributed by atoms with Gasteiger partial charge in [-0.1, -0.05) is 18.2 Å². The average Bonchev–Trinajstić information content (AvgIpc) is 3.28. The first-order valence-corrected chi connectivity index (χ1v) is 11.1. The van der Waals surface area contributed by atoms with E-state index in [-0.39, 0.29) is 24.0 Å². The largest absolute Gasteiger partial charge is 0.368 e. The van der Waals surface area contributed by atoms with E-state index in [9.17, 15) is 9.59 Å². The molecule has 0 bridgehead atoms. The second-order valence-electron chi connectivity index (χ2n) is 8.63. The number of amides is 2. The summed E-state index contributed by atoms with van der Waals surface area (Å²) >= 11 is 0. The Balaban J connectivity index is 1.23. The number of carbonyl (C=O) groups is 2. The Bertz CT molecular complexity index is 737. The average molecular weight is 400 g/mol. The summed E-state index contributed by atoms with van der Waals surface area (Å²) in [4.78, 5) is 29.0. The van der Waals surface area contributed by atoms with E-state index in [1.54, 1.807) is 0 Å². The Labute approximate surface area is 173 Å². The number of benzene rings is 1. The zero-order valence-corrected chi connectivity index (χ0v) is 17.5. The minimum Gasteiger partial charge on any atom is -0.368 e. The first-order chi connectivity index (χ1) is 14.1. The molecule has 2 atom stereocenters. The lowest BCUT2D eigenvalue weighted by molar-refractivity contribution is -0.142. The molecule has 2 amide bonds. The van der Waals surface area contributed by atoms with Crippen molar-refractivity contribution in [2.45, 2.75) is 57.6 Å². The molecule has 2 heterocycles. The summed E-state index contributed by atoms with van der Waals surface area (Å²) in [5, 5.41) is 3.15. The smallest absolute Gasteiger partial charge is 0.251 e. The van der Waals surface area contributed by atoms with Crippen LogP contribution < -0.4 is 5.32 Å². The molecule has 6 nitrogen and oxygen atoms in total. The molecule has 0 aromatic heterocycles. The van der Waals surface area contributed by atoms with Gasteiger partial charge in [0, 0.05) is 32.8 Å². The molecule has 3 aliphatic rings. The number of piperazine rings is 1. The lowest BCUT2D eigenvalue weighted by Crippen LogP contribution is -2.53. The third-order valence-electron chi connectivity index (χ3n) is 6.51. The lowest BCUT2D eigenvalue weighted by Gasteiger charge is -2.35. The van der Waals surface area contributed by atoms with Crippen LogP contribution in [-0.4, -0.2) is 67.0 Å². The van der Waals surface area contributed by atoms with Gasteiger partial charge in [-0.2, -0.15) is 0 Å². The van der Waals surface area contributed by atoms with Crippen LogP contribution in [0.1, 0.15) is 55.3 Å². The number of rotatable bonds is 5. The van der Waals surface area contributed by atoms with E-state index in [0.717, 1.165) is 32.4 Å². The van der Waals surface area contributed by atoms with Crippen LogP contribution in [-0.2, 0) is 27.2 Å². The molecular formula is C23H33N3O3. The summed E-state index contributed by atoms with van der Waals surface area (Å²) in [6, 6.07) is 6.67. The first kappa shape index (κ1) is 20.4. The van der Waals surface area contributed by atoms with Crippen molar-refractivity contribution in [1.29, 1.82) is 0 Å². The summed E-state index contributed by atoms with van der Waals surface area (Å²) < 4.78 is 5.51. The highest BCUT2D eigenvalue weighted by Crippen LogP contribution is 2.24. The molecule has 158 valence electrons. The molecule has 2 aliphatic heterocycles. The van der Waals surface area contributed by atoms with Gasteiger partial charge in [-0.25, -0.2) is 0 Å². The quantitative estimate of drug-likeness (QED) is 0.823. The van der Waals surface area contributed by atoms with Gasteiger partial charge in [0.1, 0.15) is 6.10 Å². The van der Waals surface area contributed by atoms with Crippen LogP contribution in [0.5, 0.6) is 0 Å². The van der Waals surface area contributed by atoms with Gasteiger partial charge >= 0.3 is 0 Å². The number of carbonyl (C=O) groups excluding carboxylic acids is 2. The maximum atomic E-state index is 12.6. The summed E-state index contributed by atoms with van der Waals surface area (Å²) in [6.07, 6.45) is 6.43. The number of ether oxygens (including phenoxy) is 1. The molecule has 4 rings (SSSR count). The summed E-state index contributed by atoms with van der Waals surface area (Å²) in [7, 11) is 0. The Hall–Kier alpha value is -1.92. The highest BCUT2D eigenvalue weighted by atomic mass is 16.5. The van der Waals surface area contributed by atoms with Gasteiger partial charge in [-0.05, 0) is 62.1 Å². The van der Waals surface area contributed by atoms with Crippen LogP contribution in [0.25, 0.3) is 0 Å². The van der Waals surface area contributed by atoms with Gasteiger partial charge in [-0.15, -0.1) is 0 Å². The highest BCUT2D eigenvalue weighted by molar-refractivity contribution is 5.81. The Morgan fingerprint density at radius 2 is 1.86 bits per heavy atom. The van der Waals surface area contributed by atoms with Gasteiger partial charge < -0.3 is 15.0 Å². The molecule has 2 fully saturated rings. The predicted octanol–water partition coefficient (Wildman–Crippen LogP) is 2.07. The van der Waals surface area contributed by atoms with Crippen molar-refractivity contribution in [3.05, 3.63) is 34.9 Å². The third-order valence-corrected chi connectivity index (χ3v) is 6.51. The number of aryl methyl sites for hydroxylation is 2. The highest BCUT2D eigenvalue weighted by Gasteiger charge is 2.30. The topological polar surface area (TPSA) is 61.9 Å². The fourth-order valence-electron chi connectivity index (χ4n) is 4.70. The summed E-state index contributed by atoms with van der Waals surface area (Å²) in [6.45, 7) is 5.95. The molecule has 29 heavy (non-hydrogen) atoms. The van der Waals surface area contributed by atoms with Crippen LogP contribution in [0.4, 0.5) is 0 Å². The summed E-state index contributed by atoms with van der Waals surface area (Å²) in [5.74, 6) is 0.168. The molecule has 6 heteroatoms. The van der Waals surface area contributed by atoms with Gasteiger partial charge in [0.2, 0.25) is 5.91 Å². The fourth-order valence-corrected chi connectivity index (χ4v) is 4.70. The minimum atomic E-state index is -0.248. The molecule has 0 radical (unpaired) electrons.